The van der Waals surface area contributed by atoms with E-state index in [1.54, 1.807) is 12.1 Å². The lowest BCUT2D eigenvalue weighted by Crippen LogP contribution is -1.90. The second kappa shape index (κ2) is 4.27. The molecule has 2 rings (SSSR count). The summed E-state index contributed by atoms with van der Waals surface area (Å²) in [5.41, 5.74) is 1.97. The zero-order chi connectivity index (χ0) is 11.5. The van der Waals surface area contributed by atoms with Crippen LogP contribution in [0.5, 0.6) is 17.2 Å². The van der Waals surface area contributed by atoms with Crippen LogP contribution < -0.4 is 4.74 Å². The van der Waals surface area contributed by atoms with Gasteiger partial charge in [0.1, 0.15) is 5.75 Å². The molecule has 0 radical (unpaired) electrons. The second-order valence-corrected chi connectivity index (χ2v) is 3.79. The fourth-order valence-corrected chi connectivity index (χ4v) is 1.55. The van der Waals surface area contributed by atoms with E-state index in [4.69, 9.17) is 4.74 Å². The Labute approximate surface area is 95.1 Å². The fraction of sp³-hybridized carbons (Fsp3) is 0.143. The summed E-state index contributed by atoms with van der Waals surface area (Å²) in [6.45, 7) is 3.89. The van der Waals surface area contributed by atoms with Gasteiger partial charge in [0.15, 0.2) is 11.5 Å². The van der Waals surface area contributed by atoms with Crippen LogP contribution in [0.2, 0.25) is 0 Å². The molecule has 0 heterocycles. The van der Waals surface area contributed by atoms with E-state index in [-0.39, 0.29) is 5.75 Å². The van der Waals surface area contributed by atoms with Crippen LogP contribution in [0.1, 0.15) is 11.1 Å². The van der Waals surface area contributed by atoms with Crippen LogP contribution in [0.15, 0.2) is 42.5 Å². The molecule has 0 saturated carbocycles. The third kappa shape index (κ3) is 2.01. The lowest BCUT2D eigenvalue weighted by atomic mass is 10.2. The number of para-hydroxylation sites is 2. The summed E-state index contributed by atoms with van der Waals surface area (Å²) >= 11 is 0. The van der Waals surface area contributed by atoms with Crippen LogP contribution in [0, 0.1) is 13.8 Å². The molecule has 0 fully saturated rings. The van der Waals surface area contributed by atoms with Gasteiger partial charge in [-0.2, -0.15) is 0 Å². The van der Waals surface area contributed by atoms with Gasteiger partial charge in [-0.25, -0.2) is 0 Å². The molecule has 2 heteroatoms. The summed E-state index contributed by atoms with van der Waals surface area (Å²) < 4.78 is 5.72. The Hall–Kier alpha value is -1.96. The van der Waals surface area contributed by atoms with E-state index < -0.39 is 0 Å². The van der Waals surface area contributed by atoms with Gasteiger partial charge in [-0.3, -0.25) is 0 Å². The molecule has 0 saturated heterocycles. The van der Waals surface area contributed by atoms with Gasteiger partial charge in [-0.05, 0) is 37.1 Å². The number of ether oxygens (including phenoxy) is 1. The normalized spacial score (nSPS) is 10.1. The molecule has 82 valence electrons. The summed E-state index contributed by atoms with van der Waals surface area (Å²) in [4.78, 5) is 0. The summed E-state index contributed by atoms with van der Waals surface area (Å²) in [5.74, 6) is 1.46. The van der Waals surface area contributed by atoms with Crippen LogP contribution in [-0.2, 0) is 0 Å². The van der Waals surface area contributed by atoms with Crippen molar-refractivity contribution in [2.24, 2.45) is 0 Å². The van der Waals surface area contributed by atoms with E-state index >= 15 is 0 Å². The van der Waals surface area contributed by atoms with E-state index in [1.165, 1.54) is 0 Å². The number of hydrogen-bond donors (Lipinski definition) is 1. The van der Waals surface area contributed by atoms with Crippen molar-refractivity contribution >= 4 is 0 Å². The molecule has 2 aromatic rings. The van der Waals surface area contributed by atoms with Crippen molar-refractivity contribution in [2.45, 2.75) is 13.8 Å². The second-order valence-electron chi connectivity index (χ2n) is 3.79. The molecule has 0 aliphatic carbocycles. The molecule has 2 aromatic carbocycles. The first kappa shape index (κ1) is 10.6. The Kier molecular flexibility index (Phi) is 2.82. The van der Waals surface area contributed by atoms with Crippen molar-refractivity contribution in [1.29, 1.82) is 0 Å². The molecule has 1 N–H and O–H groups in total. The minimum atomic E-state index is 0.170. The van der Waals surface area contributed by atoms with E-state index in [9.17, 15) is 5.11 Å². The third-order valence-electron chi connectivity index (χ3n) is 2.50. The number of benzene rings is 2. The molecule has 0 amide bonds. The summed E-state index contributed by atoms with van der Waals surface area (Å²) in [6.07, 6.45) is 0. The summed E-state index contributed by atoms with van der Waals surface area (Å²) in [5, 5.41) is 9.72. The maximum Gasteiger partial charge on any atom is 0.171 e. The average molecular weight is 214 g/mol. The zero-order valence-electron chi connectivity index (χ0n) is 9.40. The lowest BCUT2D eigenvalue weighted by Gasteiger charge is -2.11. The Morgan fingerprint density at radius 2 is 1.56 bits per heavy atom. The number of phenols is 1. The number of phenolic OH excluding ortho intramolecular Hbond substituents is 1. The van der Waals surface area contributed by atoms with Gasteiger partial charge in [0.25, 0.3) is 0 Å². The minimum Gasteiger partial charge on any atom is -0.504 e. The van der Waals surface area contributed by atoms with Crippen molar-refractivity contribution in [3.05, 3.63) is 53.6 Å². The maximum absolute atomic E-state index is 9.72. The van der Waals surface area contributed by atoms with E-state index in [0.717, 1.165) is 16.9 Å². The molecule has 0 aliphatic rings. The average Bonchev–Trinajstić information content (AvgIpc) is 2.26. The highest BCUT2D eigenvalue weighted by atomic mass is 16.5. The Morgan fingerprint density at radius 3 is 2.25 bits per heavy atom. The number of aryl methyl sites for hydroxylation is 2. The van der Waals surface area contributed by atoms with Gasteiger partial charge in [-0.1, -0.05) is 30.3 Å². The molecule has 0 spiro atoms. The van der Waals surface area contributed by atoms with E-state index in [2.05, 4.69) is 0 Å². The Bertz CT molecular complexity index is 484. The lowest BCUT2D eigenvalue weighted by molar-refractivity contribution is 0.407. The predicted molar refractivity (Wildman–Crippen MR) is 64.1 cm³/mol. The predicted octanol–water partition coefficient (Wildman–Crippen LogP) is 3.80. The van der Waals surface area contributed by atoms with Gasteiger partial charge in [0, 0.05) is 0 Å². The molecule has 0 aromatic heterocycles. The summed E-state index contributed by atoms with van der Waals surface area (Å²) in [7, 11) is 0. The standard InChI is InChI=1S/C14H14O2/c1-10-6-3-4-9-13(10)16-14-11(2)7-5-8-12(14)15/h3-9,15H,1-2H3. The molecule has 16 heavy (non-hydrogen) atoms. The first-order valence-electron chi connectivity index (χ1n) is 5.20. The van der Waals surface area contributed by atoms with Crippen LogP contribution in [0.3, 0.4) is 0 Å². The Balaban J connectivity index is 2.38. The highest BCUT2D eigenvalue weighted by Crippen LogP contribution is 2.34. The van der Waals surface area contributed by atoms with Gasteiger partial charge in [0.05, 0.1) is 0 Å². The molecule has 0 atom stereocenters. The number of aromatic hydroxyl groups is 1. The highest BCUT2D eigenvalue weighted by molar-refractivity contribution is 5.48. The summed E-state index contributed by atoms with van der Waals surface area (Å²) in [6, 6.07) is 13.1. The highest BCUT2D eigenvalue weighted by Gasteiger charge is 2.07. The van der Waals surface area contributed by atoms with Crippen LogP contribution >= 0.6 is 0 Å². The van der Waals surface area contributed by atoms with Crippen molar-refractivity contribution in [2.75, 3.05) is 0 Å². The van der Waals surface area contributed by atoms with Crippen LogP contribution in [0.4, 0.5) is 0 Å². The van der Waals surface area contributed by atoms with Crippen LogP contribution in [-0.4, -0.2) is 5.11 Å². The molecule has 2 nitrogen and oxygen atoms in total. The molecular weight excluding hydrogens is 200 g/mol. The molecule has 0 bridgehead atoms. The molecular formula is C14H14O2. The SMILES string of the molecule is Cc1ccccc1Oc1c(C)cccc1O. The van der Waals surface area contributed by atoms with Crippen molar-refractivity contribution in [3.8, 4) is 17.2 Å². The van der Waals surface area contributed by atoms with E-state index in [1.807, 2.05) is 44.2 Å². The quantitative estimate of drug-likeness (QED) is 0.823. The van der Waals surface area contributed by atoms with Gasteiger partial charge < -0.3 is 9.84 Å². The smallest absolute Gasteiger partial charge is 0.171 e. The van der Waals surface area contributed by atoms with Crippen molar-refractivity contribution in [3.63, 3.8) is 0 Å². The van der Waals surface area contributed by atoms with Crippen molar-refractivity contribution in [1.82, 2.24) is 0 Å². The molecule has 0 aliphatic heterocycles. The first-order chi connectivity index (χ1) is 7.68. The zero-order valence-corrected chi connectivity index (χ0v) is 9.40. The van der Waals surface area contributed by atoms with Crippen molar-refractivity contribution < 1.29 is 9.84 Å². The number of rotatable bonds is 2. The largest absolute Gasteiger partial charge is 0.504 e. The molecule has 0 unspecified atom stereocenters. The topological polar surface area (TPSA) is 29.5 Å². The van der Waals surface area contributed by atoms with Gasteiger partial charge >= 0.3 is 0 Å². The van der Waals surface area contributed by atoms with Gasteiger partial charge in [0.2, 0.25) is 0 Å². The monoisotopic (exact) mass is 214 g/mol. The number of hydrogen-bond acceptors (Lipinski definition) is 2. The maximum atomic E-state index is 9.72. The fourth-order valence-electron chi connectivity index (χ4n) is 1.55. The Morgan fingerprint density at radius 1 is 0.875 bits per heavy atom. The van der Waals surface area contributed by atoms with Crippen LogP contribution in [0.25, 0.3) is 0 Å². The van der Waals surface area contributed by atoms with E-state index in [0.29, 0.717) is 5.75 Å². The third-order valence-corrected chi connectivity index (χ3v) is 2.50. The minimum absolute atomic E-state index is 0.170. The first-order valence-corrected chi connectivity index (χ1v) is 5.20. The van der Waals surface area contributed by atoms with Gasteiger partial charge in [-0.15, -0.1) is 0 Å².